The summed E-state index contributed by atoms with van der Waals surface area (Å²) >= 11 is 3.38. The number of aliphatic hydroxyl groups is 2. The molecule has 15 heteroatoms. The molecular formula is C69H79BBrN7O6. The van der Waals surface area contributed by atoms with Crippen LogP contribution in [-0.2, 0) is 36.5 Å². The topological polar surface area (TPSA) is 206 Å². The van der Waals surface area contributed by atoms with E-state index in [-0.39, 0.29) is 22.6 Å². The summed E-state index contributed by atoms with van der Waals surface area (Å²) in [6.07, 6.45) is 20.4. The van der Waals surface area contributed by atoms with Gasteiger partial charge in [-0.3, -0.25) is 24.7 Å². The van der Waals surface area contributed by atoms with Crippen LogP contribution >= 0.6 is 15.9 Å². The smallest absolute Gasteiger partial charge is 0.422 e. The molecule has 4 aliphatic carbocycles. The van der Waals surface area contributed by atoms with Crippen molar-refractivity contribution in [3.8, 4) is 0 Å². The van der Waals surface area contributed by atoms with Gasteiger partial charge in [-0.05, 0) is 238 Å². The highest BCUT2D eigenvalue weighted by atomic mass is 79.9. The van der Waals surface area contributed by atoms with E-state index in [1.807, 2.05) is 62.5 Å². The number of fused-ring (bicyclic) bond motifs is 6. The first-order valence-corrected chi connectivity index (χ1v) is 30.9. The number of rotatable bonds is 12. The second kappa shape index (κ2) is 26.2. The van der Waals surface area contributed by atoms with Crippen molar-refractivity contribution in [2.75, 3.05) is 17.2 Å². The van der Waals surface area contributed by atoms with Crippen LogP contribution in [0.15, 0.2) is 149 Å². The van der Waals surface area contributed by atoms with Gasteiger partial charge in [0.1, 0.15) is 4.60 Å². The number of carbonyl (C=O) groups is 2. The summed E-state index contributed by atoms with van der Waals surface area (Å²) < 4.78 is 0.753. The molecule has 7 aromatic rings. The molecule has 4 heterocycles. The highest BCUT2D eigenvalue weighted by Gasteiger charge is 2.52. The molecule has 3 aromatic heterocycles. The number of carbonyl (C=O) groups excluding carboxylic acids is 2. The summed E-state index contributed by atoms with van der Waals surface area (Å²) in [5.41, 5.74) is 13.5. The van der Waals surface area contributed by atoms with E-state index in [1.165, 1.54) is 45.6 Å². The third-order valence-corrected chi connectivity index (χ3v) is 19.6. The minimum atomic E-state index is -1.43. The van der Waals surface area contributed by atoms with Crippen LogP contribution < -0.4 is 16.2 Å². The van der Waals surface area contributed by atoms with E-state index in [0.29, 0.717) is 35.1 Å². The summed E-state index contributed by atoms with van der Waals surface area (Å²) in [7, 11) is -1.43. The zero-order chi connectivity index (χ0) is 59.1. The number of halogens is 1. The van der Waals surface area contributed by atoms with Gasteiger partial charge in [0, 0.05) is 39.9 Å². The minimum Gasteiger partial charge on any atom is -0.422 e. The predicted molar refractivity (Wildman–Crippen MR) is 339 cm³/mol. The number of aryl methyl sites for hydroxylation is 4. The van der Waals surface area contributed by atoms with Gasteiger partial charge in [0.15, 0.2) is 0 Å². The molecule has 12 rings (SSSR count). The third-order valence-electron chi connectivity index (χ3n) is 19.1. The first-order chi connectivity index (χ1) is 40.5. The number of hydrogen-bond donors (Lipinski definition) is 7. The number of hydrogen-bond acceptors (Lipinski definition) is 10. The fourth-order valence-corrected chi connectivity index (χ4v) is 14.7. The second-order valence-electron chi connectivity index (χ2n) is 24.2. The van der Waals surface area contributed by atoms with Crippen LogP contribution in [0.5, 0.6) is 0 Å². The number of benzene rings is 4. The van der Waals surface area contributed by atoms with Crippen LogP contribution in [0.4, 0.5) is 11.4 Å². The number of anilines is 2. The summed E-state index contributed by atoms with van der Waals surface area (Å²) in [6.45, 7) is 8.71. The Morgan fingerprint density at radius 1 is 0.655 bits per heavy atom. The van der Waals surface area contributed by atoms with Gasteiger partial charge in [-0.25, -0.2) is 4.98 Å². The normalized spacial score (nSPS) is 23.9. The van der Waals surface area contributed by atoms with E-state index in [1.54, 1.807) is 0 Å². The lowest BCUT2D eigenvalue weighted by Crippen LogP contribution is -2.48. The van der Waals surface area contributed by atoms with Gasteiger partial charge in [0.05, 0.1) is 51.8 Å². The van der Waals surface area contributed by atoms with Crippen molar-refractivity contribution in [3.05, 3.63) is 206 Å². The fraction of sp³-hybridized carbons (Fsp3) is 0.391. The minimum absolute atomic E-state index is 0.0180. The Kier molecular flexibility index (Phi) is 18.8. The number of aliphatic imine (C=N–C) groups is 1. The summed E-state index contributed by atoms with van der Waals surface area (Å²) in [5.74, 6) is 0.631. The Morgan fingerprint density at radius 3 is 1.60 bits per heavy atom. The maximum absolute atomic E-state index is 13.5. The van der Waals surface area contributed by atoms with Gasteiger partial charge < -0.3 is 30.9 Å². The van der Waals surface area contributed by atoms with Crippen molar-refractivity contribution < 1.29 is 29.9 Å². The molecule has 13 nitrogen and oxygen atoms in total. The summed E-state index contributed by atoms with van der Waals surface area (Å²) in [5, 5.41) is 51.4. The molecule has 1 aliphatic heterocycles. The van der Waals surface area contributed by atoms with Gasteiger partial charge in [0.25, 0.3) is 11.8 Å². The zero-order valence-corrected chi connectivity index (χ0v) is 50.5. The van der Waals surface area contributed by atoms with Crippen LogP contribution in [-0.4, -0.2) is 83.3 Å². The number of allylic oxidation sites excluding steroid dienone is 1. The number of aromatic amines is 1. The molecule has 6 atom stereocenters. The van der Waals surface area contributed by atoms with E-state index in [4.69, 9.17) is 15.0 Å². The van der Waals surface area contributed by atoms with Crippen LogP contribution in [0.1, 0.15) is 162 Å². The van der Waals surface area contributed by atoms with Crippen molar-refractivity contribution in [3.63, 3.8) is 0 Å². The van der Waals surface area contributed by atoms with Crippen molar-refractivity contribution in [1.29, 1.82) is 0 Å². The molecule has 2 saturated carbocycles. The lowest BCUT2D eigenvalue weighted by Gasteiger charge is -2.50. The van der Waals surface area contributed by atoms with Crippen molar-refractivity contribution in [2.24, 2.45) is 16.8 Å². The average Bonchev–Trinajstić information content (AvgIpc) is 1.88. The molecule has 2 fully saturated rings. The third kappa shape index (κ3) is 13.5. The zero-order valence-electron chi connectivity index (χ0n) is 48.9. The average molecular weight is 1190 g/mol. The Balaban J connectivity index is 0.000000166. The molecular weight excluding hydrogens is 1110 g/mol. The number of nitrogens with zero attached hydrogens (tertiary/aromatic N) is 4. The number of pyridine rings is 2. The van der Waals surface area contributed by atoms with Gasteiger partial charge in [-0.15, -0.1) is 0 Å². The second-order valence-corrected chi connectivity index (χ2v) is 25.0. The SMILES string of the molecule is CC[C@@]1(O)CC[C@@]2(Cc3ccccc3)c3ccc(C(=O)Nc4ccc(Br)nc4C)cc3CCC[C@H]2C1.CC[C@@]1(O)CC[C@@]2(Cc3ccccc3)c3ccc(C(=O)Nc4ccc(C5=CC=NC5)nc4C)cc3CCC[C@H]2C1.OB(O)c1ccn[nH]1. The molecule has 7 N–H and O–H groups in total. The Labute approximate surface area is 503 Å². The molecule has 436 valence electrons. The lowest BCUT2D eigenvalue weighted by atomic mass is 9.55. The van der Waals surface area contributed by atoms with Gasteiger partial charge in [0.2, 0.25) is 0 Å². The van der Waals surface area contributed by atoms with Crippen LogP contribution in [0.25, 0.3) is 5.57 Å². The quantitative estimate of drug-likeness (QED) is 0.0458. The molecule has 4 aromatic carbocycles. The van der Waals surface area contributed by atoms with Gasteiger partial charge >= 0.3 is 7.12 Å². The van der Waals surface area contributed by atoms with E-state index in [9.17, 15) is 19.8 Å². The van der Waals surface area contributed by atoms with E-state index in [0.717, 1.165) is 141 Å². The standard InChI is InChI=1S/C35H39N3O2.C31H35BrN2O2.C3H5BN2O2/c1-3-34(40)17-18-35(21-25-8-5-4-6-9-25)29(22-34)11-7-10-26-20-27(12-13-30(26)35)33(39)38-31-14-15-32(37-24(31)2)28-16-19-36-23-28;1-3-30(36)16-17-31(19-22-8-5-4-6-9-22)25(20-30)11-7-10-23-18-24(12-13-26(23)31)29(35)34-27-14-15-28(32)33-21(27)2;7-4(8)3-1-2-5-6-3/h4-6,8-9,12-16,19-20,29,40H,3,7,10-11,17-18,21-23H2,1-2H3,(H,38,39);4-6,8-9,12-15,18,25,36H,3,7,10-11,16-17,19-20H2,1-2H3,(H,34,35);1-2,7-8H,(H,5,6)/t29-,34+,35-;25-,30+,31-;/m00./s1. The first-order valence-electron chi connectivity index (χ1n) is 30.1. The van der Waals surface area contributed by atoms with Gasteiger partial charge in [-0.1, -0.05) is 86.6 Å². The molecule has 2 amide bonds. The molecule has 84 heavy (non-hydrogen) atoms. The molecule has 0 radical (unpaired) electrons. The largest absolute Gasteiger partial charge is 0.507 e. The lowest BCUT2D eigenvalue weighted by molar-refractivity contribution is -0.0500. The summed E-state index contributed by atoms with van der Waals surface area (Å²) in [6, 6.07) is 43.3. The first kappa shape index (κ1) is 60.3. The Bertz CT molecular complexity index is 3510. The Morgan fingerprint density at radius 2 is 1.17 bits per heavy atom. The number of H-pyrrole nitrogens is 1. The number of amides is 2. The fourth-order valence-electron chi connectivity index (χ4n) is 14.3. The van der Waals surface area contributed by atoms with Crippen molar-refractivity contribution in [1.82, 2.24) is 20.2 Å². The van der Waals surface area contributed by atoms with Crippen molar-refractivity contribution >= 4 is 63.6 Å². The van der Waals surface area contributed by atoms with Crippen molar-refractivity contribution in [2.45, 2.75) is 152 Å². The van der Waals surface area contributed by atoms with Crippen LogP contribution in [0, 0.1) is 25.7 Å². The highest BCUT2D eigenvalue weighted by molar-refractivity contribution is 9.10. The molecule has 5 aliphatic rings. The van der Waals surface area contributed by atoms with Crippen LogP contribution in [0.2, 0.25) is 0 Å². The molecule has 0 saturated heterocycles. The van der Waals surface area contributed by atoms with Crippen LogP contribution in [0.3, 0.4) is 0 Å². The summed E-state index contributed by atoms with van der Waals surface area (Å²) in [4.78, 5) is 40.0. The van der Waals surface area contributed by atoms with E-state index >= 15 is 0 Å². The number of aromatic nitrogens is 4. The maximum Gasteiger partial charge on any atom is 0.507 e. The van der Waals surface area contributed by atoms with E-state index in [2.05, 4.69) is 146 Å². The highest BCUT2D eigenvalue weighted by Crippen LogP contribution is 2.56. The molecule has 0 unspecified atom stereocenters. The maximum atomic E-state index is 13.5. The predicted octanol–water partition coefficient (Wildman–Crippen LogP) is 12.1. The van der Waals surface area contributed by atoms with Gasteiger partial charge in [-0.2, -0.15) is 5.10 Å². The number of nitrogens with one attached hydrogen (secondary N) is 3. The monoisotopic (exact) mass is 1190 g/mol. The molecule has 0 spiro atoms. The Hall–Kier alpha value is -6.88. The van der Waals surface area contributed by atoms with E-state index < -0.39 is 18.3 Å². The molecule has 0 bridgehead atoms.